The third kappa shape index (κ3) is 42.8. The summed E-state index contributed by atoms with van der Waals surface area (Å²) in [5.74, 6) is 0.230. The van der Waals surface area contributed by atoms with Gasteiger partial charge in [-0.25, -0.2) is 4.98 Å². The summed E-state index contributed by atoms with van der Waals surface area (Å²) in [4.78, 5) is 55.9. The zero-order chi connectivity index (χ0) is 62.3. The van der Waals surface area contributed by atoms with Crippen molar-refractivity contribution < 1.29 is 42.1 Å². The minimum atomic E-state index is -0.584. The molecule has 0 radical (unpaired) electrons. The summed E-state index contributed by atoms with van der Waals surface area (Å²) >= 11 is 0. The lowest BCUT2D eigenvalue weighted by Crippen LogP contribution is -2.51. The Hall–Kier alpha value is -4.61. The largest absolute Gasteiger partial charge is 0.401 e. The van der Waals surface area contributed by atoms with Crippen LogP contribution in [0, 0.1) is 0 Å². The van der Waals surface area contributed by atoms with E-state index >= 15 is 0 Å². The van der Waals surface area contributed by atoms with Gasteiger partial charge in [0.05, 0.1) is 115 Å². The monoisotopic (exact) mass is 1200 g/mol. The van der Waals surface area contributed by atoms with E-state index in [0.717, 1.165) is 137 Å². The van der Waals surface area contributed by atoms with Crippen LogP contribution in [0.15, 0.2) is 78.9 Å². The second-order valence-corrected chi connectivity index (χ2v) is 27.5. The Morgan fingerprint density at radius 1 is 0.590 bits per heavy atom. The van der Waals surface area contributed by atoms with Crippen LogP contribution in [0.25, 0.3) is 5.70 Å². The highest BCUT2D eigenvalue weighted by atomic mass is 33.1. The SMILES string of the molecule is C=C(C)C[C@H](NC(C)=O)C(=O)NCCNCCCCCCSSc1ccc(C(=C)NCCC(=C)NCCOCCOCC(=O)N[C@@H](CCCC[N+](C)(C)C)C(=C)N[C@@H](CCCC[N+](C)(C)C)C(=O)N[C@@H](CCCC[N+](C)(C)C)C(=C)N)cn1. The van der Waals surface area contributed by atoms with Gasteiger partial charge in [-0.15, -0.1) is 6.58 Å². The number of hydrogen-bond donors (Lipinski definition) is 9. The fourth-order valence-electron chi connectivity index (χ4n) is 8.63. The Balaban J connectivity index is 2.45. The molecule has 0 aliphatic heterocycles. The molecule has 1 rings (SSSR count). The molecule has 21 heteroatoms. The molecule has 1 aromatic heterocycles. The van der Waals surface area contributed by atoms with E-state index in [0.29, 0.717) is 82.9 Å². The van der Waals surface area contributed by atoms with E-state index in [1.165, 1.54) is 6.92 Å². The van der Waals surface area contributed by atoms with Gasteiger partial charge < -0.3 is 71.2 Å². The second-order valence-electron chi connectivity index (χ2n) is 25.0. The summed E-state index contributed by atoms with van der Waals surface area (Å²) in [7, 11) is 23.1. The van der Waals surface area contributed by atoms with E-state index in [2.05, 4.69) is 144 Å². The van der Waals surface area contributed by atoms with Crippen LogP contribution >= 0.6 is 21.6 Å². The van der Waals surface area contributed by atoms with Crippen LogP contribution in [0.4, 0.5) is 0 Å². The molecule has 4 amide bonds. The molecule has 0 bridgehead atoms. The Morgan fingerprint density at radius 2 is 1.19 bits per heavy atom. The Morgan fingerprint density at radius 3 is 1.77 bits per heavy atom. The number of nitrogens with zero attached hydrogens (tertiary/aromatic N) is 4. The maximum absolute atomic E-state index is 14.0. The van der Waals surface area contributed by atoms with Crippen molar-refractivity contribution in [3.63, 3.8) is 0 Å². The fraction of sp³-hybridized carbons (Fsp3) is 0.694. The van der Waals surface area contributed by atoms with Crippen LogP contribution in [-0.4, -0.2) is 214 Å². The van der Waals surface area contributed by atoms with Crippen molar-refractivity contribution in [3.05, 3.63) is 79.5 Å². The number of hydrogen-bond acceptors (Lipinski definition) is 14. The summed E-state index contributed by atoms with van der Waals surface area (Å²) in [5.41, 5.74) is 10.8. The van der Waals surface area contributed by atoms with Gasteiger partial charge in [-0.2, -0.15) is 0 Å². The predicted octanol–water partition coefficient (Wildman–Crippen LogP) is 6.19. The van der Waals surface area contributed by atoms with Gasteiger partial charge in [0.15, 0.2) is 0 Å². The summed E-state index contributed by atoms with van der Waals surface area (Å²) in [6.07, 6.45) is 15.1. The highest BCUT2D eigenvalue weighted by Crippen LogP contribution is 2.30. The van der Waals surface area contributed by atoms with Crippen molar-refractivity contribution in [2.45, 2.75) is 139 Å². The summed E-state index contributed by atoms with van der Waals surface area (Å²) in [5, 5.41) is 26.4. The first-order valence-electron chi connectivity index (χ1n) is 30.1. The zero-order valence-electron chi connectivity index (χ0n) is 53.5. The van der Waals surface area contributed by atoms with Crippen LogP contribution in [0.2, 0.25) is 0 Å². The first-order chi connectivity index (χ1) is 39.0. The van der Waals surface area contributed by atoms with Crippen LogP contribution < -0.4 is 48.3 Å². The van der Waals surface area contributed by atoms with E-state index in [1.807, 2.05) is 36.0 Å². The van der Waals surface area contributed by atoms with E-state index in [-0.39, 0.29) is 42.9 Å². The normalized spacial score (nSPS) is 13.2. The number of carbonyl (C=O) groups is 4. The summed E-state index contributed by atoms with van der Waals surface area (Å²) in [6.45, 7) is 31.1. The molecule has 10 N–H and O–H groups in total. The second kappa shape index (κ2) is 43.1. The first kappa shape index (κ1) is 76.4. The number of rotatable bonds is 52. The lowest BCUT2D eigenvalue weighted by atomic mass is 10.0. The molecule has 0 unspecified atom stereocenters. The molecular weight excluding hydrogens is 1090 g/mol. The number of nitrogens with one attached hydrogen (secondary N) is 8. The number of ether oxygens (including phenoxy) is 2. The highest BCUT2D eigenvalue weighted by molar-refractivity contribution is 8.76. The molecule has 83 heavy (non-hydrogen) atoms. The highest BCUT2D eigenvalue weighted by Gasteiger charge is 2.26. The number of amides is 4. The average molecular weight is 1200 g/mol. The van der Waals surface area contributed by atoms with E-state index in [9.17, 15) is 19.2 Å². The molecular formula is C62H116N13O6S2+3. The molecule has 0 saturated carbocycles. The van der Waals surface area contributed by atoms with Crippen LogP contribution in [0.5, 0.6) is 0 Å². The van der Waals surface area contributed by atoms with E-state index in [1.54, 1.807) is 10.8 Å². The van der Waals surface area contributed by atoms with E-state index < -0.39 is 18.1 Å². The van der Waals surface area contributed by atoms with Crippen molar-refractivity contribution in [3.8, 4) is 0 Å². The fourth-order valence-corrected chi connectivity index (χ4v) is 10.6. The van der Waals surface area contributed by atoms with Gasteiger partial charge in [-0.3, -0.25) is 19.2 Å². The molecule has 0 fully saturated rings. The first-order valence-corrected chi connectivity index (χ1v) is 32.4. The Bertz CT molecular complexity index is 2080. The van der Waals surface area contributed by atoms with E-state index in [4.69, 9.17) is 15.2 Å². The van der Waals surface area contributed by atoms with Gasteiger partial charge in [0, 0.05) is 79.8 Å². The minimum absolute atomic E-state index is 0.127. The molecule has 0 aliphatic rings. The predicted molar refractivity (Wildman–Crippen MR) is 348 cm³/mol. The van der Waals surface area contributed by atoms with Gasteiger partial charge in [0.2, 0.25) is 23.6 Å². The maximum atomic E-state index is 14.0. The number of carbonyl (C=O) groups excluding carboxylic acids is 4. The molecule has 0 spiro atoms. The molecule has 0 aliphatic carbocycles. The third-order valence-electron chi connectivity index (χ3n) is 13.3. The van der Waals surface area contributed by atoms with Crippen LogP contribution in [0.3, 0.4) is 0 Å². The van der Waals surface area contributed by atoms with Crippen molar-refractivity contribution >= 4 is 50.9 Å². The van der Waals surface area contributed by atoms with Gasteiger partial charge >= 0.3 is 0 Å². The van der Waals surface area contributed by atoms with Crippen LogP contribution in [0.1, 0.15) is 116 Å². The standard InChI is InChI=1S/C62H113N13O6S2/c1-48(2)45-58(70-53(7)76)61(78)67-36-35-64-33-22-17-18-26-44-82-83-60-31-30-54(46-68-60)51(5)66-34-32-49(3)65-37-41-80-42-43-81-47-59(77)71-56(28-20-24-39-74(11,12)13)52(6)69-57(29-21-25-40-75(14,15)16)62(79)72-55(50(4)63)27-19-23-38-73(8,9)10/h30-31,46,55-58,64-66,69H,1,3-6,17-29,32-45,47,63H2,2,7-16H3,(H-3,67,70,71,72,76,77,78,79)/p+3/t55-,56-,57-,58-/m0/s1. The summed E-state index contributed by atoms with van der Waals surface area (Å²) in [6, 6.07) is 2.18. The lowest BCUT2D eigenvalue weighted by molar-refractivity contribution is -0.870. The van der Waals surface area contributed by atoms with Crippen molar-refractivity contribution in [1.82, 2.24) is 47.5 Å². The Labute approximate surface area is 510 Å². The molecule has 0 aromatic carbocycles. The number of quaternary nitrogens is 3. The van der Waals surface area contributed by atoms with Crippen LogP contribution in [-0.2, 0) is 28.7 Å². The number of nitrogens with two attached hydrogens (primary N) is 1. The van der Waals surface area contributed by atoms with Gasteiger partial charge in [-0.05, 0) is 113 Å². The van der Waals surface area contributed by atoms with Gasteiger partial charge in [0.25, 0.3) is 0 Å². The third-order valence-corrected chi connectivity index (χ3v) is 15.7. The molecule has 1 aromatic rings. The smallest absolute Gasteiger partial charge is 0.246 e. The quantitative estimate of drug-likeness (QED) is 0.0154. The number of unbranched alkanes of at least 4 members (excludes halogenated alkanes) is 6. The Kier molecular flexibility index (Phi) is 39.7. The number of pyridine rings is 1. The topological polar surface area (TPSA) is 222 Å². The average Bonchev–Trinajstić information content (AvgIpc) is 3.38. The molecule has 474 valence electrons. The molecule has 19 nitrogen and oxygen atoms in total. The summed E-state index contributed by atoms with van der Waals surface area (Å²) < 4.78 is 14.1. The molecule has 1 heterocycles. The van der Waals surface area contributed by atoms with Gasteiger partial charge in [0.1, 0.15) is 23.7 Å². The molecule has 0 saturated heterocycles. The number of aromatic nitrogens is 1. The maximum Gasteiger partial charge on any atom is 0.246 e. The van der Waals surface area contributed by atoms with Crippen molar-refractivity contribution in [2.75, 3.05) is 148 Å². The van der Waals surface area contributed by atoms with Crippen molar-refractivity contribution in [1.29, 1.82) is 0 Å². The zero-order valence-corrected chi connectivity index (χ0v) is 55.1. The van der Waals surface area contributed by atoms with Gasteiger partial charge in [-0.1, -0.05) is 55.5 Å². The van der Waals surface area contributed by atoms with Crippen molar-refractivity contribution in [2.24, 2.45) is 5.73 Å². The lowest BCUT2D eigenvalue weighted by Gasteiger charge is -2.29. The molecule has 4 atom stereocenters. The minimum Gasteiger partial charge on any atom is -0.401 e.